The van der Waals surface area contributed by atoms with E-state index in [4.69, 9.17) is 9.72 Å². The number of para-hydroxylation sites is 2. The molecule has 0 amide bonds. The first kappa shape index (κ1) is 26.2. The Kier molecular flexibility index (Phi) is 6.13. The number of Topliss-reactive ketones (excluding diaryl/α,β-unsaturated/α-hetero) is 2. The highest BCUT2D eigenvalue weighted by Crippen LogP contribution is 2.57. The lowest BCUT2D eigenvalue weighted by Crippen LogP contribution is -2.41. The van der Waals surface area contributed by atoms with Crippen LogP contribution in [-0.2, 0) is 28.1 Å². The quantitative estimate of drug-likeness (QED) is 0.244. The standard InChI is InChI=1S/C30H31N3O6/c1-14(2)13-33-19-10-8-7-9-18(19)32-22(33)12-31-16(4)23-20(35)11-21-30(6,29(23)38)25-27(37)15(3)26(36)24(17(5)34)28(25)39-21/h7-11,14,31,36-37H,12-13H2,1-6H3. The Hall–Kier alpha value is -4.40. The molecule has 0 saturated carbocycles. The third-order valence-corrected chi connectivity index (χ3v) is 7.55. The van der Waals surface area contributed by atoms with Crippen molar-refractivity contribution in [3.05, 3.63) is 69.9 Å². The van der Waals surface area contributed by atoms with Gasteiger partial charge >= 0.3 is 0 Å². The van der Waals surface area contributed by atoms with Crippen molar-refractivity contribution in [2.24, 2.45) is 5.92 Å². The molecule has 1 aromatic heterocycles. The monoisotopic (exact) mass is 529 g/mol. The molecular weight excluding hydrogens is 498 g/mol. The largest absolute Gasteiger partial charge is 0.507 e. The number of ether oxygens (including phenoxy) is 1. The van der Waals surface area contributed by atoms with Crippen molar-refractivity contribution in [2.45, 2.75) is 60.0 Å². The summed E-state index contributed by atoms with van der Waals surface area (Å²) in [5.41, 5.74) is 0.586. The van der Waals surface area contributed by atoms with Crippen LogP contribution in [0.3, 0.4) is 0 Å². The van der Waals surface area contributed by atoms with Crippen LogP contribution in [0.5, 0.6) is 17.2 Å². The van der Waals surface area contributed by atoms with Crippen molar-refractivity contribution in [1.82, 2.24) is 14.9 Å². The summed E-state index contributed by atoms with van der Waals surface area (Å²) in [4.78, 5) is 44.4. The highest BCUT2D eigenvalue weighted by atomic mass is 16.5. The van der Waals surface area contributed by atoms with Gasteiger partial charge in [0.05, 0.1) is 28.7 Å². The van der Waals surface area contributed by atoms with E-state index >= 15 is 0 Å². The summed E-state index contributed by atoms with van der Waals surface area (Å²) in [6.45, 7) is 11.2. The number of carbonyl (C=O) groups excluding carboxylic acids is 3. The molecule has 2 aliphatic rings. The molecule has 5 rings (SSSR count). The van der Waals surface area contributed by atoms with Gasteiger partial charge in [0.1, 0.15) is 39.8 Å². The lowest BCUT2D eigenvalue weighted by Gasteiger charge is -2.29. The first-order chi connectivity index (χ1) is 18.4. The summed E-state index contributed by atoms with van der Waals surface area (Å²) in [6.07, 6.45) is 1.21. The number of nitrogens with one attached hydrogen (secondary N) is 1. The van der Waals surface area contributed by atoms with E-state index in [-0.39, 0.29) is 46.1 Å². The minimum absolute atomic E-state index is 0.00516. The average molecular weight is 530 g/mol. The Balaban J connectivity index is 1.56. The molecule has 0 radical (unpaired) electrons. The van der Waals surface area contributed by atoms with E-state index in [1.807, 2.05) is 24.3 Å². The lowest BCUT2D eigenvalue weighted by molar-refractivity contribution is -0.123. The van der Waals surface area contributed by atoms with Gasteiger partial charge in [-0.3, -0.25) is 14.4 Å². The first-order valence-electron chi connectivity index (χ1n) is 12.9. The van der Waals surface area contributed by atoms with Crippen molar-refractivity contribution in [3.8, 4) is 17.2 Å². The second-order valence-corrected chi connectivity index (χ2v) is 10.8. The van der Waals surface area contributed by atoms with Gasteiger partial charge in [-0.1, -0.05) is 26.0 Å². The molecular formula is C30H31N3O6. The minimum Gasteiger partial charge on any atom is -0.507 e. The van der Waals surface area contributed by atoms with Crippen LogP contribution >= 0.6 is 0 Å². The summed E-state index contributed by atoms with van der Waals surface area (Å²) in [5, 5.41) is 24.7. The molecule has 0 saturated heterocycles. The number of phenolic OH excluding ortho intramolecular Hbond substituents is 2. The number of rotatable bonds is 6. The maximum atomic E-state index is 14.0. The summed E-state index contributed by atoms with van der Waals surface area (Å²) in [5.74, 6) is -1.34. The van der Waals surface area contributed by atoms with E-state index in [9.17, 15) is 24.6 Å². The summed E-state index contributed by atoms with van der Waals surface area (Å²) >= 11 is 0. The van der Waals surface area contributed by atoms with Crippen LogP contribution in [0.25, 0.3) is 11.0 Å². The molecule has 1 aliphatic carbocycles. The number of nitrogens with zero attached hydrogens (tertiary/aromatic N) is 2. The molecule has 202 valence electrons. The third-order valence-electron chi connectivity index (χ3n) is 7.55. The van der Waals surface area contributed by atoms with Crippen molar-refractivity contribution < 1.29 is 29.3 Å². The van der Waals surface area contributed by atoms with Crippen LogP contribution in [0.15, 0.2) is 47.4 Å². The van der Waals surface area contributed by atoms with Gasteiger partial charge in [0.2, 0.25) is 0 Å². The average Bonchev–Trinajstić information content (AvgIpc) is 3.36. The maximum absolute atomic E-state index is 14.0. The molecule has 0 fully saturated rings. The number of aromatic nitrogens is 2. The fourth-order valence-corrected chi connectivity index (χ4v) is 5.49. The van der Waals surface area contributed by atoms with E-state index in [0.717, 1.165) is 23.4 Å². The molecule has 2 heterocycles. The zero-order chi connectivity index (χ0) is 28.4. The van der Waals surface area contributed by atoms with Gasteiger partial charge in [0.15, 0.2) is 17.3 Å². The Morgan fingerprint density at radius 2 is 1.85 bits per heavy atom. The normalized spacial score (nSPS) is 19.6. The predicted octanol–water partition coefficient (Wildman–Crippen LogP) is 4.36. The molecule has 39 heavy (non-hydrogen) atoms. The number of allylic oxidation sites excluding steroid dienone is 4. The maximum Gasteiger partial charge on any atom is 0.194 e. The van der Waals surface area contributed by atoms with E-state index in [0.29, 0.717) is 11.6 Å². The minimum atomic E-state index is -1.56. The van der Waals surface area contributed by atoms with Gasteiger partial charge in [-0.05, 0) is 45.7 Å². The van der Waals surface area contributed by atoms with Crippen LogP contribution in [-0.4, -0.2) is 37.1 Å². The van der Waals surface area contributed by atoms with Gasteiger partial charge in [-0.2, -0.15) is 0 Å². The molecule has 1 atom stereocenters. The number of fused-ring (bicyclic) bond motifs is 4. The predicted molar refractivity (Wildman–Crippen MR) is 145 cm³/mol. The second kappa shape index (κ2) is 9.11. The Labute approximate surface area is 225 Å². The highest BCUT2D eigenvalue weighted by Gasteiger charge is 2.56. The van der Waals surface area contributed by atoms with Crippen LogP contribution < -0.4 is 10.1 Å². The van der Waals surface area contributed by atoms with Crippen LogP contribution in [0.4, 0.5) is 0 Å². The van der Waals surface area contributed by atoms with Gasteiger partial charge < -0.3 is 24.8 Å². The van der Waals surface area contributed by atoms with Gasteiger partial charge in [-0.15, -0.1) is 0 Å². The Morgan fingerprint density at radius 1 is 1.15 bits per heavy atom. The fourth-order valence-electron chi connectivity index (χ4n) is 5.49. The highest BCUT2D eigenvalue weighted by molar-refractivity contribution is 6.31. The zero-order valence-corrected chi connectivity index (χ0v) is 22.8. The molecule has 9 nitrogen and oxygen atoms in total. The number of benzene rings is 2. The number of hydrogen-bond acceptors (Lipinski definition) is 8. The topological polar surface area (TPSA) is 131 Å². The van der Waals surface area contributed by atoms with Crippen molar-refractivity contribution in [1.29, 1.82) is 0 Å². The lowest BCUT2D eigenvalue weighted by atomic mass is 9.70. The number of carbonyl (C=O) groups is 3. The molecule has 1 aliphatic heterocycles. The fraction of sp³-hybridized carbons (Fsp3) is 0.333. The molecule has 0 spiro atoms. The van der Waals surface area contributed by atoms with Crippen molar-refractivity contribution in [3.63, 3.8) is 0 Å². The molecule has 9 heteroatoms. The van der Waals surface area contributed by atoms with E-state index in [1.54, 1.807) is 13.8 Å². The summed E-state index contributed by atoms with van der Waals surface area (Å²) < 4.78 is 7.96. The van der Waals surface area contributed by atoms with E-state index in [1.165, 1.54) is 19.9 Å². The number of imidazole rings is 1. The van der Waals surface area contributed by atoms with E-state index in [2.05, 4.69) is 23.7 Å². The van der Waals surface area contributed by atoms with E-state index < -0.39 is 28.5 Å². The first-order valence-corrected chi connectivity index (χ1v) is 12.9. The molecule has 0 bridgehead atoms. The number of aromatic hydroxyl groups is 2. The summed E-state index contributed by atoms with van der Waals surface area (Å²) in [6, 6.07) is 7.85. The zero-order valence-electron chi connectivity index (χ0n) is 22.8. The van der Waals surface area contributed by atoms with Crippen LogP contribution in [0.2, 0.25) is 0 Å². The Bertz CT molecular complexity index is 1660. The molecule has 3 N–H and O–H groups in total. The second-order valence-electron chi connectivity index (χ2n) is 10.8. The van der Waals surface area contributed by atoms with Crippen molar-refractivity contribution in [2.75, 3.05) is 0 Å². The smallest absolute Gasteiger partial charge is 0.194 e. The molecule has 2 aromatic carbocycles. The van der Waals surface area contributed by atoms with Gasteiger partial charge in [0.25, 0.3) is 0 Å². The van der Waals surface area contributed by atoms with Crippen LogP contribution in [0.1, 0.15) is 61.9 Å². The Morgan fingerprint density at radius 3 is 2.51 bits per heavy atom. The molecule has 3 aromatic rings. The SMILES string of the molecule is CC(=O)c1c(O)c(C)c(O)c2c1OC1=CC(=O)C(=C(C)NCc3nc4ccccc4n3CC(C)C)C(=O)C12C. The van der Waals surface area contributed by atoms with Crippen LogP contribution in [0, 0.1) is 12.8 Å². The summed E-state index contributed by atoms with van der Waals surface area (Å²) in [7, 11) is 0. The number of ketones is 3. The van der Waals surface area contributed by atoms with Gasteiger partial charge in [-0.25, -0.2) is 4.98 Å². The van der Waals surface area contributed by atoms with Gasteiger partial charge in [0, 0.05) is 23.9 Å². The third kappa shape index (κ3) is 3.83. The molecule has 1 unspecified atom stereocenters. The number of hydrogen-bond donors (Lipinski definition) is 3. The van der Waals surface area contributed by atoms with Crippen molar-refractivity contribution >= 4 is 28.4 Å². The number of phenols is 2.